The van der Waals surface area contributed by atoms with Gasteiger partial charge >= 0.3 is 0 Å². The van der Waals surface area contributed by atoms with Crippen LogP contribution in [-0.4, -0.2) is 41.5 Å². The van der Waals surface area contributed by atoms with Crippen molar-refractivity contribution in [3.8, 4) is 11.1 Å². The van der Waals surface area contributed by atoms with Crippen LogP contribution < -0.4 is 4.90 Å². The average molecular weight is 366 g/mol. The topological polar surface area (TPSA) is 35.2 Å². The summed E-state index contributed by atoms with van der Waals surface area (Å²) in [6, 6.07) is 19.5. The van der Waals surface area contributed by atoms with E-state index in [1.54, 1.807) is 0 Å². The van der Waals surface area contributed by atoms with Crippen LogP contribution in [0.4, 0.5) is 5.82 Å². The molecule has 28 heavy (non-hydrogen) atoms. The monoisotopic (exact) mass is 366 g/mol. The van der Waals surface area contributed by atoms with Crippen LogP contribution in [0.25, 0.3) is 32.9 Å². The highest BCUT2D eigenvalue weighted by Gasteiger charge is 2.32. The molecule has 4 heterocycles. The van der Waals surface area contributed by atoms with Gasteiger partial charge in [-0.1, -0.05) is 24.3 Å². The molecule has 2 aliphatic heterocycles. The van der Waals surface area contributed by atoms with E-state index in [4.69, 9.17) is 4.98 Å². The average Bonchev–Trinajstić information content (AvgIpc) is 3.38. The first kappa shape index (κ1) is 15.8. The fraction of sp³-hybridized carbons (Fsp3) is 0.208. The number of anilines is 1. The number of nitrogens with zero attached hydrogens (tertiary/aromatic N) is 3. The SMILES string of the molecule is CN1C=C2CN(c3ccc(-c4ccc5[nH]c6ccccc6c5c4)cn3)CC2C1. The molecule has 1 unspecified atom stereocenters. The summed E-state index contributed by atoms with van der Waals surface area (Å²) in [5.41, 5.74) is 6.27. The van der Waals surface area contributed by atoms with Crippen LogP contribution in [0.5, 0.6) is 0 Å². The number of pyridine rings is 1. The summed E-state index contributed by atoms with van der Waals surface area (Å²) in [5.74, 6) is 1.74. The molecular weight excluding hydrogens is 344 g/mol. The second-order valence-corrected chi connectivity index (χ2v) is 8.06. The Morgan fingerprint density at radius 3 is 2.64 bits per heavy atom. The van der Waals surface area contributed by atoms with Crippen molar-refractivity contribution in [1.82, 2.24) is 14.9 Å². The molecule has 0 amide bonds. The molecule has 4 aromatic rings. The number of hydrogen-bond acceptors (Lipinski definition) is 3. The Balaban J connectivity index is 1.32. The molecule has 4 nitrogen and oxygen atoms in total. The summed E-state index contributed by atoms with van der Waals surface area (Å²) in [7, 11) is 2.16. The molecule has 0 radical (unpaired) electrons. The zero-order valence-electron chi connectivity index (χ0n) is 15.9. The summed E-state index contributed by atoms with van der Waals surface area (Å²) in [4.78, 5) is 13.0. The molecule has 2 aromatic carbocycles. The third kappa shape index (κ3) is 2.41. The lowest BCUT2D eigenvalue weighted by atomic mass is 10.0. The minimum atomic E-state index is 0.663. The minimum absolute atomic E-state index is 0.663. The number of rotatable bonds is 2. The Labute approximate surface area is 164 Å². The molecule has 0 bridgehead atoms. The van der Waals surface area contributed by atoms with Crippen LogP contribution in [-0.2, 0) is 0 Å². The first-order chi connectivity index (χ1) is 13.7. The van der Waals surface area contributed by atoms with Gasteiger partial charge in [0.1, 0.15) is 5.82 Å². The number of benzene rings is 2. The standard InChI is InChI=1S/C24H22N4/c1-27-12-18-14-28(15-19(18)13-27)24-9-7-17(11-25-24)16-6-8-23-21(10-16)20-4-2-3-5-22(20)26-23/h2-12,19,26H,13-15H2,1H3. The van der Waals surface area contributed by atoms with Gasteiger partial charge in [0, 0.05) is 72.4 Å². The lowest BCUT2D eigenvalue weighted by molar-refractivity contribution is 0.442. The normalized spacial score (nSPS) is 18.9. The van der Waals surface area contributed by atoms with Crippen molar-refractivity contribution in [2.45, 2.75) is 0 Å². The summed E-state index contributed by atoms with van der Waals surface area (Å²) < 4.78 is 0. The van der Waals surface area contributed by atoms with E-state index in [0.717, 1.165) is 31.0 Å². The molecule has 0 aliphatic carbocycles. The van der Waals surface area contributed by atoms with Crippen molar-refractivity contribution in [2.24, 2.45) is 5.92 Å². The van der Waals surface area contributed by atoms with E-state index in [2.05, 4.69) is 82.6 Å². The van der Waals surface area contributed by atoms with Crippen molar-refractivity contribution in [3.05, 3.63) is 72.6 Å². The summed E-state index contributed by atoms with van der Waals surface area (Å²) in [5, 5.41) is 2.53. The summed E-state index contributed by atoms with van der Waals surface area (Å²) >= 11 is 0. The number of nitrogens with one attached hydrogen (secondary N) is 1. The highest BCUT2D eigenvalue weighted by molar-refractivity contribution is 6.08. The number of H-pyrrole nitrogens is 1. The van der Waals surface area contributed by atoms with Crippen molar-refractivity contribution >= 4 is 27.6 Å². The molecule has 2 aliphatic rings. The highest BCUT2D eigenvalue weighted by atomic mass is 15.2. The molecular formula is C24H22N4. The molecule has 138 valence electrons. The predicted octanol–water partition coefficient (Wildman–Crippen LogP) is 4.65. The van der Waals surface area contributed by atoms with Gasteiger partial charge in [-0.2, -0.15) is 0 Å². The van der Waals surface area contributed by atoms with Crippen molar-refractivity contribution in [3.63, 3.8) is 0 Å². The maximum atomic E-state index is 4.79. The molecule has 0 saturated carbocycles. The molecule has 1 atom stereocenters. The Morgan fingerprint density at radius 2 is 1.79 bits per heavy atom. The third-order valence-corrected chi connectivity index (χ3v) is 6.14. The Bertz CT molecular complexity index is 1220. The van der Waals surface area contributed by atoms with Crippen molar-refractivity contribution in [1.29, 1.82) is 0 Å². The summed E-state index contributed by atoms with van der Waals surface area (Å²) in [6.07, 6.45) is 4.31. The van der Waals surface area contributed by atoms with Crippen LogP contribution >= 0.6 is 0 Å². The van der Waals surface area contributed by atoms with Crippen LogP contribution in [0.15, 0.2) is 72.6 Å². The fourth-order valence-electron chi connectivity index (χ4n) is 4.75. The van der Waals surface area contributed by atoms with E-state index >= 15 is 0 Å². The van der Waals surface area contributed by atoms with Gasteiger partial charge in [0.2, 0.25) is 0 Å². The van der Waals surface area contributed by atoms with E-state index in [9.17, 15) is 0 Å². The number of aromatic nitrogens is 2. The van der Waals surface area contributed by atoms with Gasteiger partial charge in [0.25, 0.3) is 0 Å². The Hall–Kier alpha value is -3.27. The first-order valence-electron chi connectivity index (χ1n) is 9.87. The van der Waals surface area contributed by atoms with Crippen molar-refractivity contribution < 1.29 is 0 Å². The van der Waals surface area contributed by atoms with Crippen LogP contribution in [0.3, 0.4) is 0 Å². The van der Waals surface area contributed by atoms with E-state index in [0.29, 0.717) is 5.92 Å². The quantitative estimate of drug-likeness (QED) is 0.561. The zero-order valence-corrected chi connectivity index (χ0v) is 15.9. The van der Waals surface area contributed by atoms with Crippen LogP contribution in [0, 0.1) is 5.92 Å². The molecule has 4 heteroatoms. The van der Waals surface area contributed by atoms with E-state index in [1.807, 2.05) is 6.20 Å². The van der Waals surface area contributed by atoms with Gasteiger partial charge in [-0.05, 0) is 41.5 Å². The van der Waals surface area contributed by atoms with E-state index in [1.165, 1.54) is 32.9 Å². The maximum Gasteiger partial charge on any atom is 0.128 e. The van der Waals surface area contributed by atoms with Gasteiger partial charge in [-0.15, -0.1) is 0 Å². The zero-order chi connectivity index (χ0) is 18.7. The Morgan fingerprint density at radius 1 is 0.929 bits per heavy atom. The number of fused-ring (bicyclic) bond motifs is 4. The predicted molar refractivity (Wildman–Crippen MR) is 115 cm³/mol. The van der Waals surface area contributed by atoms with Crippen molar-refractivity contribution in [2.75, 3.05) is 31.6 Å². The Kier molecular flexibility index (Phi) is 3.30. The van der Waals surface area contributed by atoms with Gasteiger partial charge in [-0.25, -0.2) is 4.98 Å². The smallest absolute Gasteiger partial charge is 0.128 e. The second kappa shape index (κ2) is 5.86. The molecule has 1 saturated heterocycles. The number of para-hydroxylation sites is 1. The van der Waals surface area contributed by atoms with Crippen LogP contribution in [0.1, 0.15) is 0 Å². The largest absolute Gasteiger partial charge is 0.380 e. The fourth-order valence-corrected chi connectivity index (χ4v) is 4.75. The number of aromatic amines is 1. The van der Waals surface area contributed by atoms with Gasteiger partial charge < -0.3 is 14.8 Å². The first-order valence-corrected chi connectivity index (χ1v) is 9.87. The lowest BCUT2D eigenvalue weighted by Gasteiger charge is -2.19. The minimum Gasteiger partial charge on any atom is -0.380 e. The number of hydrogen-bond donors (Lipinski definition) is 1. The molecule has 6 rings (SSSR count). The highest BCUT2D eigenvalue weighted by Crippen LogP contribution is 2.33. The van der Waals surface area contributed by atoms with E-state index < -0.39 is 0 Å². The van der Waals surface area contributed by atoms with Gasteiger partial charge in [-0.3, -0.25) is 0 Å². The lowest BCUT2D eigenvalue weighted by Crippen LogP contribution is -2.24. The van der Waals surface area contributed by atoms with E-state index in [-0.39, 0.29) is 0 Å². The second-order valence-electron chi connectivity index (χ2n) is 8.06. The molecule has 1 N–H and O–H groups in total. The van der Waals surface area contributed by atoms with Crippen LogP contribution in [0.2, 0.25) is 0 Å². The molecule has 0 spiro atoms. The summed E-state index contributed by atoms with van der Waals surface area (Å²) in [6.45, 7) is 3.21. The molecule has 2 aromatic heterocycles. The molecule has 1 fully saturated rings. The van der Waals surface area contributed by atoms with Gasteiger partial charge in [0.15, 0.2) is 0 Å². The third-order valence-electron chi connectivity index (χ3n) is 6.14. The maximum absolute atomic E-state index is 4.79. The van der Waals surface area contributed by atoms with Gasteiger partial charge in [0.05, 0.1) is 0 Å².